The van der Waals surface area contributed by atoms with E-state index in [2.05, 4.69) is 5.32 Å². The molecule has 0 saturated heterocycles. The summed E-state index contributed by atoms with van der Waals surface area (Å²) in [5.74, 6) is 0.726. The maximum Gasteiger partial charge on any atom is 0.274 e. The van der Waals surface area contributed by atoms with Gasteiger partial charge in [0.25, 0.3) is 5.69 Å². The van der Waals surface area contributed by atoms with Crippen LogP contribution in [-0.2, 0) is 6.54 Å². The van der Waals surface area contributed by atoms with Crippen molar-refractivity contribution < 1.29 is 9.66 Å². The van der Waals surface area contributed by atoms with Crippen molar-refractivity contribution in [3.8, 4) is 5.75 Å². The fourth-order valence-electron chi connectivity index (χ4n) is 1.97. The zero-order valence-corrected chi connectivity index (χ0v) is 11.4. The quantitative estimate of drug-likeness (QED) is 0.668. The van der Waals surface area contributed by atoms with Gasteiger partial charge in [-0.1, -0.05) is 24.3 Å². The number of methoxy groups -OCH3 is 1. The molecule has 0 fully saturated rings. The second kappa shape index (κ2) is 6.06. The number of hydrogen-bond acceptors (Lipinski definition) is 4. The molecule has 0 amide bonds. The van der Waals surface area contributed by atoms with Gasteiger partial charge in [-0.05, 0) is 24.6 Å². The maximum absolute atomic E-state index is 11.0. The molecule has 0 spiro atoms. The molecule has 0 bridgehead atoms. The molecule has 0 heterocycles. The Kier molecular flexibility index (Phi) is 4.20. The van der Waals surface area contributed by atoms with Crippen molar-refractivity contribution in [2.45, 2.75) is 13.5 Å². The number of anilines is 1. The van der Waals surface area contributed by atoms with Gasteiger partial charge in [-0.3, -0.25) is 10.1 Å². The number of aryl methyl sites for hydroxylation is 1. The van der Waals surface area contributed by atoms with Crippen molar-refractivity contribution in [1.29, 1.82) is 0 Å². The van der Waals surface area contributed by atoms with Crippen molar-refractivity contribution in [3.05, 3.63) is 63.7 Å². The monoisotopic (exact) mass is 272 g/mol. The van der Waals surface area contributed by atoms with Crippen LogP contribution in [0.3, 0.4) is 0 Å². The topological polar surface area (TPSA) is 64.4 Å². The van der Waals surface area contributed by atoms with Crippen molar-refractivity contribution in [2.24, 2.45) is 0 Å². The third kappa shape index (κ3) is 3.06. The van der Waals surface area contributed by atoms with Crippen molar-refractivity contribution in [3.63, 3.8) is 0 Å². The van der Waals surface area contributed by atoms with Crippen LogP contribution < -0.4 is 10.1 Å². The van der Waals surface area contributed by atoms with Crippen LogP contribution in [0.5, 0.6) is 5.75 Å². The first-order chi connectivity index (χ1) is 9.61. The average Bonchev–Trinajstić information content (AvgIpc) is 2.46. The number of nitrogens with zero attached hydrogens (tertiary/aromatic N) is 1. The Labute approximate surface area is 117 Å². The molecule has 2 rings (SSSR count). The van der Waals surface area contributed by atoms with E-state index in [-0.39, 0.29) is 10.6 Å². The lowest BCUT2D eigenvalue weighted by atomic mass is 10.1. The first-order valence-corrected chi connectivity index (χ1v) is 6.22. The molecular weight excluding hydrogens is 256 g/mol. The molecule has 0 aromatic heterocycles. The first-order valence-electron chi connectivity index (χ1n) is 6.22. The Morgan fingerprint density at radius 1 is 1.25 bits per heavy atom. The Balaban J connectivity index is 2.19. The van der Waals surface area contributed by atoms with E-state index < -0.39 is 0 Å². The van der Waals surface area contributed by atoms with Crippen LogP contribution in [0.15, 0.2) is 42.5 Å². The van der Waals surface area contributed by atoms with Gasteiger partial charge in [0, 0.05) is 18.2 Å². The molecule has 5 nitrogen and oxygen atoms in total. The summed E-state index contributed by atoms with van der Waals surface area (Å²) in [7, 11) is 1.60. The minimum atomic E-state index is -0.372. The Hall–Kier alpha value is -2.56. The predicted molar refractivity (Wildman–Crippen MR) is 78.2 cm³/mol. The third-order valence-electron chi connectivity index (χ3n) is 3.01. The van der Waals surface area contributed by atoms with Crippen LogP contribution in [0, 0.1) is 17.0 Å². The smallest absolute Gasteiger partial charge is 0.274 e. The van der Waals surface area contributed by atoms with Gasteiger partial charge in [0.2, 0.25) is 0 Å². The summed E-state index contributed by atoms with van der Waals surface area (Å²) in [6.45, 7) is 2.35. The summed E-state index contributed by atoms with van der Waals surface area (Å²) in [4.78, 5) is 10.6. The lowest BCUT2D eigenvalue weighted by Gasteiger charge is -2.12. The molecule has 0 aliphatic heterocycles. The van der Waals surface area contributed by atoms with E-state index in [0.29, 0.717) is 12.1 Å². The summed E-state index contributed by atoms with van der Waals surface area (Å²) in [6, 6.07) is 12.5. The van der Waals surface area contributed by atoms with Gasteiger partial charge in [-0.25, -0.2) is 0 Å². The number of nitro benzene ring substituents is 1. The van der Waals surface area contributed by atoms with E-state index in [1.165, 1.54) is 6.07 Å². The highest BCUT2D eigenvalue weighted by Gasteiger charge is 2.12. The molecule has 0 unspecified atom stereocenters. The first kappa shape index (κ1) is 13.9. The molecular formula is C15H16N2O3. The van der Waals surface area contributed by atoms with E-state index in [4.69, 9.17) is 4.74 Å². The summed E-state index contributed by atoms with van der Waals surface area (Å²) in [5, 5.41) is 14.1. The van der Waals surface area contributed by atoms with Crippen LogP contribution in [0.2, 0.25) is 0 Å². The molecule has 2 aromatic carbocycles. The second-order valence-electron chi connectivity index (χ2n) is 4.44. The lowest BCUT2D eigenvalue weighted by Crippen LogP contribution is -2.04. The Morgan fingerprint density at radius 3 is 2.70 bits per heavy atom. The summed E-state index contributed by atoms with van der Waals surface area (Å²) in [5.41, 5.74) is 2.67. The van der Waals surface area contributed by atoms with E-state index in [1.807, 2.05) is 25.1 Å². The standard InChI is InChI=1S/C15H16N2O3/c1-11-7-8-13(15(9-11)20-2)16-10-12-5-3-4-6-14(12)17(18)19/h3-9,16H,10H2,1-2H3. The van der Waals surface area contributed by atoms with Gasteiger partial charge in [-0.15, -0.1) is 0 Å². The van der Waals surface area contributed by atoms with Gasteiger partial charge in [-0.2, -0.15) is 0 Å². The molecule has 0 aliphatic carbocycles. The molecule has 104 valence electrons. The van der Waals surface area contributed by atoms with Gasteiger partial charge in [0.15, 0.2) is 0 Å². The lowest BCUT2D eigenvalue weighted by molar-refractivity contribution is -0.385. The highest BCUT2D eigenvalue weighted by atomic mass is 16.6. The molecule has 5 heteroatoms. The Bertz CT molecular complexity index is 626. The van der Waals surface area contributed by atoms with Gasteiger partial charge >= 0.3 is 0 Å². The molecule has 20 heavy (non-hydrogen) atoms. The number of benzene rings is 2. The normalized spacial score (nSPS) is 10.1. The van der Waals surface area contributed by atoms with E-state index in [1.54, 1.807) is 25.3 Å². The molecule has 0 atom stereocenters. The van der Waals surface area contributed by atoms with E-state index >= 15 is 0 Å². The van der Waals surface area contributed by atoms with Gasteiger partial charge in [0.05, 0.1) is 17.7 Å². The number of hydrogen-bond donors (Lipinski definition) is 1. The average molecular weight is 272 g/mol. The van der Waals surface area contributed by atoms with Gasteiger partial charge in [0.1, 0.15) is 5.75 Å². The maximum atomic E-state index is 11.0. The minimum Gasteiger partial charge on any atom is -0.495 e. The predicted octanol–water partition coefficient (Wildman–Crippen LogP) is 3.52. The van der Waals surface area contributed by atoms with Crippen LogP contribution >= 0.6 is 0 Å². The van der Waals surface area contributed by atoms with E-state index in [0.717, 1.165) is 17.0 Å². The molecule has 2 aromatic rings. The van der Waals surface area contributed by atoms with E-state index in [9.17, 15) is 10.1 Å². The zero-order valence-electron chi connectivity index (χ0n) is 11.4. The summed E-state index contributed by atoms with van der Waals surface area (Å²) in [6.07, 6.45) is 0. The van der Waals surface area contributed by atoms with Crippen molar-refractivity contribution in [1.82, 2.24) is 0 Å². The fraction of sp³-hybridized carbons (Fsp3) is 0.200. The number of nitro groups is 1. The van der Waals surface area contributed by atoms with Crippen LogP contribution in [0.4, 0.5) is 11.4 Å². The third-order valence-corrected chi connectivity index (χ3v) is 3.01. The fourth-order valence-corrected chi connectivity index (χ4v) is 1.97. The zero-order chi connectivity index (χ0) is 14.5. The molecule has 0 radical (unpaired) electrons. The minimum absolute atomic E-state index is 0.117. The van der Waals surface area contributed by atoms with Crippen LogP contribution in [0.25, 0.3) is 0 Å². The molecule has 0 aliphatic rings. The summed E-state index contributed by atoms with van der Waals surface area (Å²) < 4.78 is 5.30. The highest BCUT2D eigenvalue weighted by Crippen LogP contribution is 2.27. The second-order valence-corrected chi connectivity index (χ2v) is 4.44. The number of ether oxygens (including phenoxy) is 1. The van der Waals surface area contributed by atoms with Gasteiger partial charge < -0.3 is 10.1 Å². The largest absolute Gasteiger partial charge is 0.495 e. The molecule has 0 saturated carbocycles. The SMILES string of the molecule is COc1cc(C)ccc1NCc1ccccc1[N+](=O)[O-]. The van der Waals surface area contributed by atoms with Crippen molar-refractivity contribution in [2.75, 3.05) is 12.4 Å². The molecule has 1 N–H and O–H groups in total. The number of rotatable bonds is 5. The summed E-state index contributed by atoms with van der Waals surface area (Å²) >= 11 is 0. The number of nitrogens with one attached hydrogen (secondary N) is 1. The van der Waals surface area contributed by atoms with Crippen LogP contribution in [-0.4, -0.2) is 12.0 Å². The highest BCUT2D eigenvalue weighted by molar-refractivity contribution is 5.58. The Morgan fingerprint density at radius 2 is 2.00 bits per heavy atom. The van der Waals surface area contributed by atoms with Crippen molar-refractivity contribution >= 4 is 11.4 Å². The number of para-hydroxylation sites is 1. The van der Waals surface area contributed by atoms with Crippen LogP contribution in [0.1, 0.15) is 11.1 Å².